The summed E-state index contributed by atoms with van der Waals surface area (Å²) >= 11 is 0. The summed E-state index contributed by atoms with van der Waals surface area (Å²) in [7, 11) is 0. The van der Waals surface area contributed by atoms with Crippen molar-refractivity contribution < 1.29 is 9.53 Å². The molecule has 3 N–H and O–H groups in total. The van der Waals surface area contributed by atoms with Crippen LogP contribution in [0, 0.1) is 18.3 Å². The first-order chi connectivity index (χ1) is 14.9. The number of nitrogens with one attached hydrogen (secondary N) is 1. The standard InChI is InChI=1S/C24H31N5O2/c1-5-13-31-22(6-2)17(3)23(26)24(30)27-12-11-21-15-28-18(4)29(21)16-20-9-7-19(14-25)8-10-20/h6-10,15,23H,2,5,11-13,16,26H2,1,3-4H3,(H,27,30)/b22-17-. The molecule has 1 unspecified atom stereocenters. The van der Waals surface area contributed by atoms with Crippen LogP contribution in [-0.2, 0) is 22.5 Å². The summed E-state index contributed by atoms with van der Waals surface area (Å²) in [5, 5.41) is 11.8. The van der Waals surface area contributed by atoms with Gasteiger partial charge >= 0.3 is 0 Å². The Morgan fingerprint density at radius 3 is 2.74 bits per heavy atom. The van der Waals surface area contributed by atoms with Gasteiger partial charge in [-0.2, -0.15) is 5.26 Å². The monoisotopic (exact) mass is 421 g/mol. The van der Waals surface area contributed by atoms with Crippen molar-refractivity contribution in [1.29, 1.82) is 5.26 Å². The lowest BCUT2D eigenvalue weighted by Gasteiger charge is -2.17. The predicted molar refractivity (Wildman–Crippen MR) is 121 cm³/mol. The summed E-state index contributed by atoms with van der Waals surface area (Å²) in [4.78, 5) is 16.9. The van der Waals surface area contributed by atoms with Crippen LogP contribution in [-0.4, -0.2) is 34.7 Å². The fourth-order valence-electron chi connectivity index (χ4n) is 3.12. The second-order valence-electron chi connectivity index (χ2n) is 7.31. The predicted octanol–water partition coefficient (Wildman–Crippen LogP) is 2.98. The molecular formula is C24H31N5O2. The van der Waals surface area contributed by atoms with Gasteiger partial charge in [0.05, 0.1) is 18.2 Å². The van der Waals surface area contributed by atoms with E-state index in [1.807, 2.05) is 32.2 Å². The molecule has 1 aromatic carbocycles. The van der Waals surface area contributed by atoms with Crippen LogP contribution < -0.4 is 11.1 Å². The lowest BCUT2D eigenvalue weighted by molar-refractivity contribution is -0.121. The van der Waals surface area contributed by atoms with Crippen LogP contribution in [0.3, 0.4) is 0 Å². The summed E-state index contributed by atoms with van der Waals surface area (Å²) in [6.45, 7) is 11.1. The van der Waals surface area contributed by atoms with E-state index in [0.29, 0.717) is 43.0 Å². The smallest absolute Gasteiger partial charge is 0.241 e. The van der Waals surface area contributed by atoms with Crippen molar-refractivity contribution in [3.63, 3.8) is 0 Å². The molecule has 0 spiro atoms. The van der Waals surface area contributed by atoms with Crippen LogP contribution in [0.5, 0.6) is 0 Å². The number of nitrogens with two attached hydrogens (primary N) is 1. The second kappa shape index (κ2) is 11.7. The van der Waals surface area contributed by atoms with Crippen LogP contribution in [0.25, 0.3) is 0 Å². The van der Waals surface area contributed by atoms with Crippen LogP contribution in [0.1, 0.15) is 42.9 Å². The van der Waals surface area contributed by atoms with Crippen molar-refractivity contribution in [3.05, 3.63) is 77.1 Å². The zero-order chi connectivity index (χ0) is 22.8. The Bertz CT molecular complexity index is 967. The molecule has 0 aliphatic rings. The number of carbonyl (C=O) groups excluding carboxylic acids is 1. The zero-order valence-corrected chi connectivity index (χ0v) is 18.5. The molecule has 164 valence electrons. The highest BCUT2D eigenvalue weighted by molar-refractivity contribution is 5.84. The van der Waals surface area contributed by atoms with Crippen LogP contribution >= 0.6 is 0 Å². The topological polar surface area (TPSA) is 106 Å². The lowest BCUT2D eigenvalue weighted by atomic mass is 10.1. The summed E-state index contributed by atoms with van der Waals surface area (Å²) in [5.41, 5.74) is 9.49. The third-order valence-electron chi connectivity index (χ3n) is 5.03. The average Bonchev–Trinajstić information content (AvgIpc) is 3.13. The third-order valence-corrected chi connectivity index (χ3v) is 5.03. The maximum atomic E-state index is 12.5. The fourth-order valence-corrected chi connectivity index (χ4v) is 3.12. The first-order valence-corrected chi connectivity index (χ1v) is 10.4. The van der Waals surface area contributed by atoms with E-state index in [1.54, 1.807) is 25.1 Å². The van der Waals surface area contributed by atoms with Crippen molar-refractivity contribution in [2.75, 3.05) is 13.2 Å². The molecule has 7 heteroatoms. The minimum absolute atomic E-state index is 0.258. The molecule has 0 aliphatic carbocycles. The maximum absolute atomic E-state index is 12.5. The molecule has 7 nitrogen and oxygen atoms in total. The van der Waals surface area contributed by atoms with E-state index in [9.17, 15) is 4.79 Å². The van der Waals surface area contributed by atoms with Gasteiger partial charge in [-0.15, -0.1) is 0 Å². The third kappa shape index (κ3) is 6.56. The van der Waals surface area contributed by atoms with Crippen molar-refractivity contribution in [1.82, 2.24) is 14.9 Å². The largest absolute Gasteiger partial charge is 0.494 e. The van der Waals surface area contributed by atoms with Crippen LogP contribution in [0.15, 0.2) is 54.4 Å². The maximum Gasteiger partial charge on any atom is 0.241 e. The van der Waals surface area contributed by atoms with Crippen molar-refractivity contribution in [2.45, 2.75) is 46.2 Å². The van der Waals surface area contributed by atoms with E-state index in [1.165, 1.54) is 0 Å². The second-order valence-corrected chi connectivity index (χ2v) is 7.31. The van der Waals surface area contributed by atoms with E-state index in [-0.39, 0.29) is 5.91 Å². The Morgan fingerprint density at radius 2 is 2.13 bits per heavy atom. The van der Waals surface area contributed by atoms with Gasteiger partial charge in [0.1, 0.15) is 17.6 Å². The summed E-state index contributed by atoms with van der Waals surface area (Å²) in [5.74, 6) is 1.19. The molecule has 1 amide bonds. The molecule has 1 aromatic heterocycles. The Hall–Kier alpha value is -3.37. The quantitative estimate of drug-likeness (QED) is 0.429. The normalized spacial score (nSPS) is 12.5. The highest BCUT2D eigenvalue weighted by atomic mass is 16.5. The van der Waals surface area contributed by atoms with Gasteiger partial charge in [-0.05, 0) is 49.6 Å². The molecule has 0 fully saturated rings. The minimum atomic E-state index is -0.796. The number of nitriles is 1. The molecule has 31 heavy (non-hydrogen) atoms. The lowest BCUT2D eigenvalue weighted by Crippen LogP contribution is -2.42. The number of nitrogens with zero attached hydrogens (tertiary/aromatic N) is 3. The first-order valence-electron chi connectivity index (χ1n) is 10.4. The van der Waals surface area contributed by atoms with Gasteiger partial charge in [0.2, 0.25) is 5.91 Å². The van der Waals surface area contributed by atoms with E-state index in [4.69, 9.17) is 15.7 Å². The minimum Gasteiger partial charge on any atom is -0.494 e. The molecule has 2 rings (SSSR count). The number of carbonyl (C=O) groups is 1. The molecule has 1 heterocycles. The molecule has 2 aromatic rings. The number of amides is 1. The van der Waals surface area contributed by atoms with E-state index in [2.05, 4.69) is 27.5 Å². The number of ether oxygens (including phenoxy) is 1. The molecule has 0 saturated carbocycles. The number of allylic oxidation sites excluding steroid dienone is 1. The number of hydrogen-bond acceptors (Lipinski definition) is 5. The Labute approximate surface area is 184 Å². The van der Waals surface area contributed by atoms with Crippen LogP contribution in [0.2, 0.25) is 0 Å². The molecule has 1 atom stereocenters. The number of imidazole rings is 1. The van der Waals surface area contributed by atoms with Gasteiger partial charge in [-0.3, -0.25) is 4.79 Å². The van der Waals surface area contributed by atoms with Gasteiger partial charge in [0.15, 0.2) is 0 Å². The molecule has 0 radical (unpaired) electrons. The van der Waals surface area contributed by atoms with Gasteiger partial charge < -0.3 is 20.4 Å². The van der Waals surface area contributed by atoms with E-state index >= 15 is 0 Å². The molecule has 0 aliphatic heterocycles. The van der Waals surface area contributed by atoms with E-state index in [0.717, 1.165) is 23.5 Å². The number of rotatable bonds is 11. The number of benzene rings is 1. The highest BCUT2D eigenvalue weighted by Gasteiger charge is 2.18. The first kappa shape index (κ1) is 23.9. The Morgan fingerprint density at radius 1 is 1.42 bits per heavy atom. The van der Waals surface area contributed by atoms with Crippen LogP contribution in [0.4, 0.5) is 0 Å². The highest BCUT2D eigenvalue weighted by Crippen LogP contribution is 2.13. The average molecular weight is 422 g/mol. The number of hydrogen-bond donors (Lipinski definition) is 2. The summed E-state index contributed by atoms with van der Waals surface area (Å²) < 4.78 is 7.71. The number of aromatic nitrogens is 2. The van der Waals surface area contributed by atoms with Crippen molar-refractivity contribution in [2.24, 2.45) is 5.73 Å². The molecule has 0 saturated heterocycles. The molecular weight excluding hydrogens is 390 g/mol. The fraction of sp³-hybridized carbons (Fsp3) is 0.375. The zero-order valence-electron chi connectivity index (χ0n) is 18.5. The van der Waals surface area contributed by atoms with Crippen molar-refractivity contribution >= 4 is 5.91 Å². The van der Waals surface area contributed by atoms with Gasteiger partial charge in [0, 0.05) is 31.4 Å². The molecule has 0 bridgehead atoms. The van der Waals surface area contributed by atoms with Crippen molar-refractivity contribution in [3.8, 4) is 6.07 Å². The summed E-state index contributed by atoms with van der Waals surface area (Å²) in [6, 6.07) is 8.82. The number of aryl methyl sites for hydroxylation is 1. The Kier molecular flexibility index (Phi) is 9.04. The van der Waals surface area contributed by atoms with E-state index < -0.39 is 6.04 Å². The summed E-state index contributed by atoms with van der Waals surface area (Å²) in [6.07, 6.45) is 4.90. The van der Waals surface area contributed by atoms with Gasteiger partial charge in [-0.25, -0.2) is 4.98 Å². The Balaban J connectivity index is 1.97. The SMILES string of the molecule is C=C/C(OCCC)=C(\C)C(N)C(=O)NCCc1cnc(C)n1Cc1ccc(C#N)cc1. The van der Waals surface area contributed by atoms with Gasteiger partial charge in [-0.1, -0.05) is 25.6 Å². The van der Waals surface area contributed by atoms with Gasteiger partial charge in [0.25, 0.3) is 0 Å².